The molecule has 0 aliphatic carbocycles. The van der Waals surface area contributed by atoms with Crippen LogP contribution in [0.2, 0.25) is 0 Å². The predicted octanol–water partition coefficient (Wildman–Crippen LogP) is 1.96. The van der Waals surface area contributed by atoms with Gasteiger partial charge in [-0.2, -0.15) is 0 Å². The van der Waals surface area contributed by atoms with E-state index < -0.39 is 0 Å². The summed E-state index contributed by atoms with van der Waals surface area (Å²) in [6.07, 6.45) is 4.77. The molecule has 0 aromatic carbocycles. The first-order valence-electron chi connectivity index (χ1n) is 6.94. The van der Waals surface area contributed by atoms with Crippen molar-refractivity contribution in [3.05, 3.63) is 0 Å². The molecule has 0 N–H and O–H groups in total. The molecule has 2 heterocycles. The van der Waals surface area contributed by atoms with E-state index in [0.717, 1.165) is 11.9 Å². The molecule has 17 heavy (non-hydrogen) atoms. The van der Waals surface area contributed by atoms with Gasteiger partial charge in [0.25, 0.3) is 0 Å². The SMILES string of the molecule is CC1CCC(CN2CCCN(CCBr)CC2)O1. The molecule has 2 unspecified atom stereocenters. The molecule has 3 nitrogen and oxygen atoms in total. The Bertz CT molecular complexity index is 227. The van der Waals surface area contributed by atoms with Crippen LogP contribution in [0.4, 0.5) is 0 Å². The van der Waals surface area contributed by atoms with Crippen LogP contribution in [-0.4, -0.2) is 66.6 Å². The molecule has 2 rings (SSSR count). The van der Waals surface area contributed by atoms with Crippen LogP contribution in [0.1, 0.15) is 26.2 Å². The van der Waals surface area contributed by atoms with Crippen molar-refractivity contribution >= 4 is 15.9 Å². The first-order valence-corrected chi connectivity index (χ1v) is 8.06. The van der Waals surface area contributed by atoms with Crippen molar-refractivity contribution in [3.63, 3.8) is 0 Å². The molecule has 0 aromatic heterocycles. The molecule has 0 bridgehead atoms. The number of hydrogen-bond acceptors (Lipinski definition) is 3. The number of alkyl halides is 1. The summed E-state index contributed by atoms with van der Waals surface area (Å²) in [6, 6.07) is 0. The second kappa shape index (κ2) is 7.07. The summed E-state index contributed by atoms with van der Waals surface area (Å²) in [6.45, 7) is 9.45. The molecule has 4 heteroatoms. The predicted molar refractivity (Wildman–Crippen MR) is 74.9 cm³/mol. The van der Waals surface area contributed by atoms with Gasteiger partial charge in [-0.15, -0.1) is 0 Å². The molecule has 100 valence electrons. The van der Waals surface area contributed by atoms with Gasteiger partial charge >= 0.3 is 0 Å². The van der Waals surface area contributed by atoms with Gasteiger partial charge in [-0.3, -0.25) is 4.90 Å². The van der Waals surface area contributed by atoms with Crippen LogP contribution in [0.5, 0.6) is 0 Å². The van der Waals surface area contributed by atoms with Crippen molar-refractivity contribution in [1.82, 2.24) is 9.80 Å². The smallest absolute Gasteiger partial charge is 0.0706 e. The molecule has 2 saturated heterocycles. The van der Waals surface area contributed by atoms with Gasteiger partial charge in [0.15, 0.2) is 0 Å². The first-order chi connectivity index (χ1) is 8.28. The van der Waals surface area contributed by atoms with E-state index in [9.17, 15) is 0 Å². The fourth-order valence-corrected chi connectivity index (χ4v) is 3.36. The maximum absolute atomic E-state index is 5.92. The Kier molecular flexibility index (Phi) is 5.74. The topological polar surface area (TPSA) is 15.7 Å². The Morgan fingerprint density at radius 1 is 1.12 bits per heavy atom. The molecule has 2 aliphatic heterocycles. The second-order valence-electron chi connectivity index (χ2n) is 5.33. The summed E-state index contributed by atoms with van der Waals surface area (Å²) in [7, 11) is 0. The summed E-state index contributed by atoms with van der Waals surface area (Å²) in [5, 5.41) is 1.09. The lowest BCUT2D eigenvalue weighted by Crippen LogP contribution is -2.36. The lowest BCUT2D eigenvalue weighted by molar-refractivity contribution is 0.0322. The Morgan fingerprint density at radius 3 is 2.59 bits per heavy atom. The van der Waals surface area contributed by atoms with Crippen molar-refractivity contribution in [1.29, 1.82) is 0 Å². The monoisotopic (exact) mass is 304 g/mol. The average Bonchev–Trinajstić information content (AvgIpc) is 2.58. The van der Waals surface area contributed by atoms with Crippen LogP contribution in [-0.2, 0) is 4.74 Å². The Labute approximate surface area is 114 Å². The molecular formula is C13H25BrN2O. The van der Waals surface area contributed by atoms with E-state index in [1.54, 1.807) is 0 Å². The highest BCUT2D eigenvalue weighted by Gasteiger charge is 2.24. The fraction of sp³-hybridized carbons (Fsp3) is 1.00. The van der Waals surface area contributed by atoms with Gasteiger partial charge in [-0.1, -0.05) is 15.9 Å². The molecule has 2 aliphatic rings. The summed E-state index contributed by atoms with van der Waals surface area (Å²) in [5.41, 5.74) is 0. The van der Waals surface area contributed by atoms with Gasteiger partial charge in [0.05, 0.1) is 12.2 Å². The number of halogens is 1. The molecule has 0 amide bonds. The van der Waals surface area contributed by atoms with Gasteiger partial charge in [-0.05, 0) is 39.3 Å². The lowest BCUT2D eigenvalue weighted by Gasteiger charge is -2.24. The van der Waals surface area contributed by atoms with Gasteiger partial charge in [0, 0.05) is 31.5 Å². The van der Waals surface area contributed by atoms with Crippen LogP contribution < -0.4 is 0 Å². The van der Waals surface area contributed by atoms with Crippen molar-refractivity contribution in [3.8, 4) is 0 Å². The molecule has 0 radical (unpaired) electrons. The molecule has 0 aromatic rings. The second-order valence-corrected chi connectivity index (χ2v) is 6.12. The highest BCUT2D eigenvalue weighted by atomic mass is 79.9. The highest BCUT2D eigenvalue weighted by Crippen LogP contribution is 2.20. The third-order valence-electron chi connectivity index (χ3n) is 3.86. The van der Waals surface area contributed by atoms with E-state index in [1.807, 2.05) is 0 Å². The Morgan fingerprint density at radius 2 is 1.88 bits per heavy atom. The molecule has 2 fully saturated rings. The zero-order valence-corrected chi connectivity index (χ0v) is 12.5. The van der Waals surface area contributed by atoms with Crippen molar-refractivity contribution < 1.29 is 4.74 Å². The number of ether oxygens (including phenoxy) is 1. The Hall–Kier alpha value is 0.360. The zero-order valence-electron chi connectivity index (χ0n) is 10.9. The summed E-state index contributed by atoms with van der Waals surface area (Å²) >= 11 is 3.53. The van der Waals surface area contributed by atoms with Crippen LogP contribution >= 0.6 is 15.9 Å². The van der Waals surface area contributed by atoms with Crippen LogP contribution in [0, 0.1) is 0 Å². The van der Waals surface area contributed by atoms with Gasteiger partial charge in [0.1, 0.15) is 0 Å². The lowest BCUT2D eigenvalue weighted by atomic mass is 10.2. The largest absolute Gasteiger partial charge is 0.374 e. The number of hydrogen-bond donors (Lipinski definition) is 0. The van der Waals surface area contributed by atoms with Crippen LogP contribution in [0.25, 0.3) is 0 Å². The third-order valence-corrected chi connectivity index (χ3v) is 4.22. The molecule has 0 saturated carbocycles. The van der Waals surface area contributed by atoms with E-state index >= 15 is 0 Å². The van der Waals surface area contributed by atoms with Crippen LogP contribution in [0.3, 0.4) is 0 Å². The number of nitrogens with zero attached hydrogens (tertiary/aromatic N) is 2. The minimum Gasteiger partial charge on any atom is -0.374 e. The average molecular weight is 305 g/mol. The van der Waals surface area contributed by atoms with Gasteiger partial charge in [-0.25, -0.2) is 0 Å². The summed E-state index contributed by atoms with van der Waals surface area (Å²) in [4.78, 5) is 5.16. The van der Waals surface area contributed by atoms with E-state index in [1.165, 1.54) is 52.0 Å². The Balaban J connectivity index is 1.71. The van der Waals surface area contributed by atoms with E-state index in [4.69, 9.17) is 4.74 Å². The first kappa shape index (κ1) is 13.8. The molecular weight excluding hydrogens is 280 g/mol. The van der Waals surface area contributed by atoms with Gasteiger partial charge < -0.3 is 9.64 Å². The highest BCUT2D eigenvalue weighted by molar-refractivity contribution is 9.09. The maximum atomic E-state index is 5.92. The minimum atomic E-state index is 0.483. The summed E-state index contributed by atoms with van der Waals surface area (Å²) in [5.74, 6) is 0. The normalized spacial score (nSPS) is 32.8. The van der Waals surface area contributed by atoms with E-state index in [0.29, 0.717) is 12.2 Å². The van der Waals surface area contributed by atoms with E-state index in [2.05, 4.69) is 32.7 Å². The van der Waals surface area contributed by atoms with Crippen molar-refractivity contribution in [2.24, 2.45) is 0 Å². The fourth-order valence-electron chi connectivity index (χ4n) is 2.86. The van der Waals surface area contributed by atoms with Gasteiger partial charge in [0.2, 0.25) is 0 Å². The van der Waals surface area contributed by atoms with Crippen LogP contribution in [0.15, 0.2) is 0 Å². The van der Waals surface area contributed by atoms with Crippen molar-refractivity contribution in [2.45, 2.75) is 38.4 Å². The molecule has 2 atom stereocenters. The quantitative estimate of drug-likeness (QED) is 0.739. The third kappa shape index (κ3) is 4.51. The van der Waals surface area contributed by atoms with Crippen molar-refractivity contribution in [2.75, 3.05) is 44.6 Å². The summed E-state index contributed by atoms with van der Waals surface area (Å²) < 4.78 is 5.92. The standard InChI is InChI=1S/C13H25BrN2O/c1-12-3-4-13(17-12)11-16-7-2-6-15(8-5-14)9-10-16/h12-13H,2-11H2,1H3. The maximum Gasteiger partial charge on any atom is 0.0706 e. The minimum absolute atomic E-state index is 0.483. The van der Waals surface area contributed by atoms with E-state index in [-0.39, 0.29) is 0 Å². The number of rotatable bonds is 4. The molecule has 0 spiro atoms. The zero-order chi connectivity index (χ0) is 12.1.